The minimum absolute atomic E-state index is 0.205. The van der Waals surface area contributed by atoms with Crippen LogP contribution in [-0.4, -0.2) is 12.2 Å². The van der Waals surface area contributed by atoms with Gasteiger partial charge in [-0.15, -0.1) is 0 Å². The van der Waals surface area contributed by atoms with E-state index in [4.69, 9.17) is 11.0 Å². The van der Waals surface area contributed by atoms with Gasteiger partial charge < -0.3 is 5.73 Å². The van der Waals surface area contributed by atoms with E-state index in [1.54, 1.807) is 6.92 Å². The van der Waals surface area contributed by atoms with E-state index in [-0.39, 0.29) is 16.7 Å². The zero-order valence-corrected chi connectivity index (χ0v) is 7.57. The number of primary amides is 1. The molecule has 1 aromatic carbocycles. The first kappa shape index (κ1) is 9.93. The number of hydrogen-bond acceptors (Lipinski definition) is 3. The fourth-order valence-electron chi connectivity index (χ4n) is 1.25. The summed E-state index contributed by atoms with van der Waals surface area (Å²) in [6.45, 7) is 1.59. The van der Waals surface area contributed by atoms with Gasteiger partial charge in [0.2, 0.25) is 5.91 Å². The predicted molar refractivity (Wildman–Crippen MR) is 49.8 cm³/mol. The van der Waals surface area contributed by atoms with Gasteiger partial charge in [-0.1, -0.05) is 0 Å². The number of nitrogens with zero attached hydrogens (tertiary/aromatic N) is 1. The first-order chi connectivity index (χ1) is 6.61. The highest BCUT2D eigenvalue weighted by Gasteiger charge is 2.11. The van der Waals surface area contributed by atoms with Gasteiger partial charge >= 0.3 is 0 Å². The zero-order chi connectivity index (χ0) is 10.7. The van der Waals surface area contributed by atoms with E-state index in [0.29, 0.717) is 11.8 Å². The van der Waals surface area contributed by atoms with Crippen LogP contribution >= 0.6 is 0 Å². The van der Waals surface area contributed by atoms with Gasteiger partial charge in [-0.25, -0.2) is 0 Å². The Morgan fingerprint density at radius 1 is 1.57 bits per heavy atom. The lowest BCUT2D eigenvalue weighted by molar-refractivity contribution is 0.0998. The van der Waals surface area contributed by atoms with Crippen LogP contribution in [-0.2, 0) is 0 Å². The topological polar surface area (TPSA) is 84.0 Å². The van der Waals surface area contributed by atoms with E-state index in [1.165, 1.54) is 12.1 Å². The van der Waals surface area contributed by atoms with Gasteiger partial charge in [0.1, 0.15) is 6.07 Å². The second-order valence-corrected chi connectivity index (χ2v) is 2.80. The summed E-state index contributed by atoms with van der Waals surface area (Å²) in [6.07, 6.45) is 0.580. The Balaban J connectivity index is 3.52. The molecule has 4 nitrogen and oxygen atoms in total. The van der Waals surface area contributed by atoms with Crippen molar-refractivity contribution in [3.63, 3.8) is 0 Å². The van der Waals surface area contributed by atoms with Crippen molar-refractivity contribution in [2.24, 2.45) is 5.73 Å². The van der Waals surface area contributed by atoms with Crippen molar-refractivity contribution in [3.8, 4) is 6.07 Å². The lowest BCUT2D eigenvalue weighted by Gasteiger charge is -2.04. The summed E-state index contributed by atoms with van der Waals surface area (Å²) in [7, 11) is 0. The zero-order valence-electron chi connectivity index (χ0n) is 7.57. The number of amides is 1. The molecule has 0 aliphatic heterocycles. The Labute approximate surface area is 80.9 Å². The Morgan fingerprint density at radius 3 is 2.64 bits per heavy atom. The van der Waals surface area contributed by atoms with Crippen molar-refractivity contribution in [2.45, 2.75) is 6.92 Å². The predicted octanol–water partition coefficient (Wildman–Crippen LogP) is 0.778. The van der Waals surface area contributed by atoms with Crippen molar-refractivity contribution >= 4 is 12.2 Å². The van der Waals surface area contributed by atoms with E-state index in [1.807, 2.05) is 6.07 Å². The van der Waals surface area contributed by atoms with Crippen molar-refractivity contribution in [1.29, 1.82) is 5.26 Å². The number of hydrogen-bond donors (Lipinski definition) is 1. The highest BCUT2D eigenvalue weighted by atomic mass is 16.1. The molecule has 0 aromatic heterocycles. The molecule has 0 spiro atoms. The molecular formula is C10H8N2O2. The monoisotopic (exact) mass is 188 g/mol. The third kappa shape index (κ3) is 1.48. The Bertz CT molecular complexity index is 444. The standard InChI is InChI=1S/C10H8N2O2/c1-6-8(10(12)14)3-2-7(5-13)9(6)4-11/h2-3,5H,1H3,(H2,12,14). The number of benzene rings is 1. The van der Waals surface area contributed by atoms with Gasteiger partial charge in [0.05, 0.1) is 5.56 Å². The summed E-state index contributed by atoms with van der Waals surface area (Å²) >= 11 is 0. The second kappa shape index (κ2) is 3.71. The van der Waals surface area contributed by atoms with Crippen LogP contribution in [0.4, 0.5) is 0 Å². The highest BCUT2D eigenvalue weighted by Crippen LogP contribution is 2.16. The van der Waals surface area contributed by atoms with Gasteiger partial charge in [0, 0.05) is 11.1 Å². The van der Waals surface area contributed by atoms with E-state index in [0.717, 1.165) is 0 Å². The Kier molecular flexibility index (Phi) is 2.63. The van der Waals surface area contributed by atoms with Gasteiger partial charge in [-0.05, 0) is 24.6 Å². The van der Waals surface area contributed by atoms with Crippen molar-refractivity contribution in [1.82, 2.24) is 0 Å². The third-order valence-electron chi connectivity index (χ3n) is 2.00. The molecule has 0 fully saturated rings. The van der Waals surface area contributed by atoms with Gasteiger partial charge in [0.25, 0.3) is 0 Å². The number of carbonyl (C=O) groups is 2. The average molecular weight is 188 g/mol. The Morgan fingerprint density at radius 2 is 2.21 bits per heavy atom. The summed E-state index contributed by atoms with van der Waals surface area (Å²) < 4.78 is 0. The molecule has 1 aromatic rings. The number of nitriles is 1. The molecule has 1 rings (SSSR count). The fourth-order valence-corrected chi connectivity index (χ4v) is 1.25. The highest BCUT2D eigenvalue weighted by molar-refractivity contribution is 5.96. The van der Waals surface area contributed by atoms with E-state index in [2.05, 4.69) is 0 Å². The second-order valence-electron chi connectivity index (χ2n) is 2.80. The smallest absolute Gasteiger partial charge is 0.249 e. The summed E-state index contributed by atoms with van der Waals surface area (Å²) in [6, 6.07) is 4.73. The van der Waals surface area contributed by atoms with E-state index >= 15 is 0 Å². The van der Waals surface area contributed by atoms with E-state index in [9.17, 15) is 9.59 Å². The third-order valence-corrected chi connectivity index (χ3v) is 2.00. The molecule has 2 N–H and O–H groups in total. The van der Waals surface area contributed by atoms with Crippen molar-refractivity contribution in [2.75, 3.05) is 0 Å². The van der Waals surface area contributed by atoms with Gasteiger partial charge in [-0.3, -0.25) is 9.59 Å². The molecule has 0 saturated carbocycles. The molecule has 1 amide bonds. The van der Waals surface area contributed by atoms with E-state index < -0.39 is 5.91 Å². The van der Waals surface area contributed by atoms with Crippen LogP contribution in [0.1, 0.15) is 31.8 Å². The lowest BCUT2D eigenvalue weighted by Crippen LogP contribution is -2.14. The van der Waals surface area contributed by atoms with Crippen LogP contribution in [0.3, 0.4) is 0 Å². The number of carbonyl (C=O) groups excluding carboxylic acids is 2. The van der Waals surface area contributed by atoms with Crippen LogP contribution in [0.2, 0.25) is 0 Å². The summed E-state index contributed by atoms with van der Waals surface area (Å²) in [4.78, 5) is 21.5. The number of nitrogens with two attached hydrogens (primary N) is 1. The molecular weight excluding hydrogens is 180 g/mol. The van der Waals surface area contributed by atoms with Crippen molar-refractivity contribution in [3.05, 3.63) is 34.4 Å². The molecule has 4 heteroatoms. The molecule has 0 aliphatic carbocycles. The van der Waals surface area contributed by atoms with Crippen LogP contribution in [0.5, 0.6) is 0 Å². The molecule has 0 bridgehead atoms. The first-order valence-corrected chi connectivity index (χ1v) is 3.90. The average Bonchev–Trinajstić information content (AvgIpc) is 2.16. The maximum absolute atomic E-state index is 10.9. The van der Waals surface area contributed by atoms with Gasteiger partial charge in [0.15, 0.2) is 6.29 Å². The molecule has 0 unspecified atom stereocenters. The summed E-state index contributed by atoms with van der Waals surface area (Å²) in [5, 5.41) is 8.78. The first-order valence-electron chi connectivity index (χ1n) is 3.90. The van der Waals surface area contributed by atoms with Crippen molar-refractivity contribution < 1.29 is 9.59 Å². The molecule has 14 heavy (non-hydrogen) atoms. The minimum atomic E-state index is -0.601. The molecule has 0 aliphatic rings. The molecule has 0 heterocycles. The molecule has 0 saturated heterocycles. The quantitative estimate of drug-likeness (QED) is 0.696. The van der Waals surface area contributed by atoms with Crippen LogP contribution in [0.15, 0.2) is 12.1 Å². The van der Waals surface area contributed by atoms with Crippen LogP contribution in [0, 0.1) is 18.3 Å². The largest absolute Gasteiger partial charge is 0.366 e. The Hall–Kier alpha value is -2.15. The summed E-state index contributed by atoms with van der Waals surface area (Å²) in [5.74, 6) is -0.601. The number of rotatable bonds is 2. The number of aldehydes is 1. The molecule has 0 radical (unpaired) electrons. The van der Waals surface area contributed by atoms with Crippen LogP contribution in [0.25, 0.3) is 0 Å². The SMILES string of the molecule is Cc1c(C(N)=O)ccc(C=O)c1C#N. The normalized spacial score (nSPS) is 9.14. The maximum Gasteiger partial charge on any atom is 0.249 e. The minimum Gasteiger partial charge on any atom is -0.366 e. The summed E-state index contributed by atoms with van der Waals surface area (Å²) in [5.41, 5.74) is 6.29. The maximum atomic E-state index is 10.9. The fraction of sp³-hybridized carbons (Fsp3) is 0.100. The lowest BCUT2D eigenvalue weighted by atomic mass is 9.98. The van der Waals surface area contributed by atoms with Crippen LogP contribution < -0.4 is 5.73 Å². The van der Waals surface area contributed by atoms with Gasteiger partial charge in [-0.2, -0.15) is 5.26 Å². The molecule has 0 atom stereocenters. The molecule has 70 valence electrons.